The van der Waals surface area contributed by atoms with Gasteiger partial charge in [0.25, 0.3) is 0 Å². The summed E-state index contributed by atoms with van der Waals surface area (Å²) in [6, 6.07) is 2.17. The van der Waals surface area contributed by atoms with Crippen LogP contribution in [0.15, 0.2) is 24.3 Å². The van der Waals surface area contributed by atoms with Crippen molar-refractivity contribution >= 4 is 12.1 Å². The van der Waals surface area contributed by atoms with E-state index in [1.807, 2.05) is 0 Å². The summed E-state index contributed by atoms with van der Waals surface area (Å²) in [6.07, 6.45) is -7.40. The molecule has 0 aliphatic rings. The van der Waals surface area contributed by atoms with E-state index in [2.05, 4.69) is 10.1 Å². The normalized spacial score (nSPS) is 14.4. The molecule has 2 atom stereocenters. The molecule has 0 aliphatic carbocycles. The number of hydrogen-bond acceptors (Lipinski definition) is 5. The molecule has 1 aromatic carbocycles. The highest BCUT2D eigenvalue weighted by atomic mass is 19.4. The largest absolute Gasteiger partial charge is 0.467 e. The zero-order chi connectivity index (χ0) is 19.4. The number of aliphatic hydroxyl groups excluding tert-OH is 1. The number of halogens is 3. The number of ether oxygens (including phenoxy) is 2. The van der Waals surface area contributed by atoms with Gasteiger partial charge in [-0.15, -0.1) is 0 Å². The SMILES string of the molecule is COC(=O)[C@@H](NC(=O)OC(C)(C)C)[C@@H](O)c1cccc(C(F)(F)F)c1. The molecule has 1 rings (SSSR count). The monoisotopic (exact) mass is 363 g/mol. The molecule has 0 spiro atoms. The van der Waals surface area contributed by atoms with Crippen LogP contribution in [0.25, 0.3) is 0 Å². The van der Waals surface area contributed by atoms with Crippen molar-refractivity contribution in [3.63, 3.8) is 0 Å². The van der Waals surface area contributed by atoms with E-state index in [1.165, 1.54) is 6.07 Å². The van der Waals surface area contributed by atoms with Crippen LogP contribution in [-0.2, 0) is 20.4 Å². The second kappa shape index (κ2) is 7.73. The number of rotatable bonds is 4. The Balaban J connectivity index is 3.07. The number of methoxy groups -OCH3 is 1. The number of aliphatic hydroxyl groups is 1. The number of nitrogens with one attached hydrogen (secondary N) is 1. The van der Waals surface area contributed by atoms with Crippen LogP contribution in [0.2, 0.25) is 0 Å². The topological polar surface area (TPSA) is 84.9 Å². The predicted octanol–water partition coefficient (Wildman–Crippen LogP) is 2.81. The molecule has 0 fully saturated rings. The molecule has 0 unspecified atom stereocenters. The van der Waals surface area contributed by atoms with Crippen molar-refractivity contribution in [3.8, 4) is 0 Å². The Kier molecular flexibility index (Phi) is 6.42. The predicted molar refractivity (Wildman–Crippen MR) is 81.6 cm³/mol. The molecule has 0 radical (unpaired) electrons. The molecule has 0 saturated carbocycles. The van der Waals surface area contributed by atoms with Crippen molar-refractivity contribution < 1.29 is 37.3 Å². The van der Waals surface area contributed by atoms with Gasteiger partial charge < -0.3 is 19.9 Å². The van der Waals surface area contributed by atoms with Gasteiger partial charge in [-0.1, -0.05) is 12.1 Å². The maximum atomic E-state index is 12.8. The molecule has 0 aliphatic heterocycles. The molecule has 25 heavy (non-hydrogen) atoms. The Bertz CT molecular complexity index is 625. The maximum Gasteiger partial charge on any atom is 0.416 e. The van der Waals surface area contributed by atoms with E-state index in [1.54, 1.807) is 20.8 Å². The third-order valence-corrected chi connectivity index (χ3v) is 3.00. The van der Waals surface area contributed by atoms with Gasteiger partial charge in [-0.25, -0.2) is 9.59 Å². The second-order valence-electron chi connectivity index (χ2n) is 6.22. The van der Waals surface area contributed by atoms with Crippen LogP contribution >= 0.6 is 0 Å². The summed E-state index contributed by atoms with van der Waals surface area (Å²) in [5, 5.41) is 12.4. The minimum atomic E-state index is -4.62. The lowest BCUT2D eigenvalue weighted by Crippen LogP contribution is -2.47. The lowest BCUT2D eigenvalue weighted by molar-refractivity contribution is -0.146. The quantitative estimate of drug-likeness (QED) is 0.804. The minimum absolute atomic E-state index is 0.207. The highest BCUT2D eigenvalue weighted by Gasteiger charge is 2.35. The number of benzene rings is 1. The molecular formula is C16H20F3NO5. The summed E-state index contributed by atoms with van der Waals surface area (Å²) in [4.78, 5) is 23.7. The van der Waals surface area contributed by atoms with Crippen molar-refractivity contribution in [3.05, 3.63) is 35.4 Å². The third-order valence-electron chi connectivity index (χ3n) is 3.00. The number of alkyl carbamates (subject to hydrolysis) is 1. The molecule has 1 amide bonds. The molecular weight excluding hydrogens is 343 g/mol. The fourth-order valence-corrected chi connectivity index (χ4v) is 1.92. The third kappa shape index (κ3) is 6.26. The summed E-state index contributed by atoms with van der Waals surface area (Å²) < 4.78 is 47.8. The molecule has 2 N–H and O–H groups in total. The van der Waals surface area contributed by atoms with Crippen molar-refractivity contribution in [2.45, 2.75) is 44.7 Å². The highest BCUT2D eigenvalue weighted by Crippen LogP contribution is 2.31. The van der Waals surface area contributed by atoms with E-state index in [0.29, 0.717) is 6.07 Å². The van der Waals surface area contributed by atoms with Crippen LogP contribution in [0.1, 0.15) is 38.0 Å². The number of carbonyl (C=O) groups is 2. The number of hydrogen-bond donors (Lipinski definition) is 2. The van der Waals surface area contributed by atoms with E-state index in [0.717, 1.165) is 19.2 Å². The number of alkyl halides is 3. The van der Waals surface area contributed by atoms with Gasteiger partial charge >= 0.3 is 18.2 Å². The highest BCUT2D eigenvalue weighted by molar-refractivity contribution is 5.82. The average molecular weight is 363 g/mol. The van der Waals surface area contributed by atoms with Gasteiger partial charge in [-0.05, 0) is 38.5 Å². The average Bonchev–Trinajstić information content (AvgIpc) is 2.48. The molecule has 0 aromatic heterocycles. The molecule has 0 heterocycles. The van der Waals surface area contributed by atoms with Gasteiger partial charge in [0.05, 0.1) is 12.7 Å². The zero-order valence-electron chi connectivity index (χ0n) is 14.2. The molecule has 0 bridgehead atoms. The fraction of sp³-hybridized carbons (Fsp3) is 0.500. The smallest absolute Gasteiger partial charge is 0.416 e. The number of esters is 1. The molecule has 6 nitrogen and oxygen atoms in total. The van der Waals surface area contributed by atoms with Gasteiger partial charge in [0.1, 0.15) is 11.7 Å². The fourth-order valence-electron chi connectivity index (χ4n) is 1.92. The first-order valence-corrected chi connectivity index (χ1v) is 7.27. The van der Waals surface area contributed by atoms with Gasteiger partial charge in [-0.2, -0.15) is 13.2 Å². The molecule has 140 valence electrons. The van der Waals surface area contributed by atoms with Gasteiger partial charge in [0.15, 0.2) is 6.04 Å². The van der Waals surface area contributed by atoms with Crippen molar-refractivity contribution in [2.24, 2.45) is 0 Å². The minimum Gasteiger partial charge on any atom is -0.467 e. The molecule has 1 aromatic rings. The van der Waals surface area contributed by atoms with E-state index in [-0.39, 0.29) is 5.56 Å². The van der Waals surface area contributed by atoms with E-state index >= 15 is 0 Å². The Morgan fingerprint density at radius 2 is 1.80 bits per heavy atom. The summed E-state index contributed by atoms with van der Waals surface area (Å²) in [5.74, 6) is -1.03. The van der Waals surface area contributed by atoms with Crippen LogP contribution < -0.4 is 5.32 Å². The summed E-state index contributed by atoms with van der Waals surface area (Å²) in [7, 11) is 1.02. The first kappa shape index (κ1) is 20.8. The molecule has 0 saturated heterocycles. The van der Waals surface area contributed by atoms with Crippen molar-refractivity contribution in [1.29, 1.82) is 0 Å². The van der Waals surface area contributed by atoms with Crippen LogP contribution in [0.3, 0.4) is 0 Å². The Hall–Kier alpha value is -2.29. The lowest BCUT2D eigenvalue weighted by Gasteiger charge is -2.25. The van der Waals surface area contributed by atoms with Crippen LogP contribution in [0, 0.1) is 0 Å². The van der Waals surface area contributed by atoms with Crippen molar-refractivity contribution in [2.75, 3.05) is 7.11 Å². The lowest BCUT2D eigenvalue weighted by atomic mass is 10.00. The van der Waals surface area contributed by atoms with E-state index in [9.17, 15) is 27.9 Å². The Morgan fingerprint density at radius 1 is 1.20 bits per heavy atom. The zero-order valence-corrected chi connectivity index (χ0v) is 14.2. The van der Waals surface area contributed by atoms with Crippen LogP contribution in [0.4, 0.5) is 18.0 Å². The van der Waals surface area contributed by atoms with Crippen molar-refractivity contribution in [1.82, 2.24) is 5.32 Å². The summed E-state index contributed by atoms with van der Waals surface area (Å²) >= 11 is 0. The van der Waals surface area contributed by atoms with E-state index < -0.39 is 41.5 Å². The standard InChI is InChI=1S/C16H20F3NO5/c1-15(2,3)25-14(23)20-11(13(22)24-4)12(21)9-6-5-7-10(8-9)16(17,18)19/h5-8,11-12,21H,1-4H3,(H,20,23)/t11-,12-/m0/s1. The molecule has 9 heteroatoms. The first-order valence-electron chi connectivity index (χ1n) is 7.27. The summed E-state index contributed by atoms with van der Waals surface area (Å²) in [5.41, 5.74) is -2.07. The maximum absolute atomic E-state index is 12.8. The second-order valence-corrected chi connectivity index (χ2v) is 6.22. The number of amides is 1. The van der Waals surface area contributed by atoms with Crippen LogP contribution in [0.5, 0.6) is 0 Å². The first-order chi connectivity index (χ1) is 11.3. The Labute approximate surface area is 142 Å². The van der Waals surface area contributed by atoms with Gasteiger partial charge in [-0.3, -0.25) is 0 Å². The van der Waals surface area contributed by atoms with Crippen LogP contribution in [-0.4, -0.2) is 35.9 Å². The van der Waals surface area contributed by atoms with Gasteiger partial charge in [0, 0.05) is 0 Å². The van der Waals surface area contributed by atoms with Gasteiger partial charge in [0.2, 0.25) is 0 Å². The Morgan fingerprint density at radius 3 is 2.28 bits per heavy atom. The van der Waals surface area contributed by atoms with E-state index in [4.69, 9.17) is 4.74 Å². The summed E-state index contributed by atoms with van der Waals surface area (Å²) in [6.45, 7) is 4.76. The number of carbonyl (C=O) groups excluding carboxylic acids is 2.